The van der Waals surface area contributed by atoms with Crippen LogP contribution in [0.1, 0.15) is 78.1 Å². The molecular weight excluding hydrogens is 364 g/mol. The molecule has 0 aromatic carbocycles. The molecule has 0 rings (SSSR count). The highest BCUT2D eigenvalue weighted by molar-refractivity contribution is 5.69. The van der Waals surface area contributed by atoms with E-state index >= 15 is 0 Å². The Morgan fingerprint density at radius 2 is 1.48 bits per heavy atom. The lowest BCUT2D eigenvalue weighted by atomic mass is 10.2. The molecule has 0 aliphatic carbocycles. The van der Waals surface area contributed by atoms with Crippen LogP contribution in [0.25, 0.3) is 0 Å². The average Bonchev–Trinajstić information content (AvgIpc) is 2.72. The SMILES string of the molecule is CC/C=C\C/C=C\C/C=C\C/C=C\CCCOCC(CO)OC(=O)CCCCC. The van der Waals surface area contributed by atoms with E-state index in [0.717, 1.165) is 57.8 Å². The van der Waals surface area contributed by atoms with E-state index in [2.05, 4.69) is 62.5 Å². The van der Waals surface area contributed by atoms with Crippen molar-refractivity contribution in [2.24, 2.45) is 0 Å². The van der Waals surface area contributed by atoms with E-state index in [0.29, 0.717) is 13.0 Å². The van der Waals surface area contributed by atoms with Crippen LogP contribution < -0.4 is 0 Å². The van der Waals surface area contributed by atoms with E-state index < -0.39 is 6.10 Å². The highest BCUT2D eigenvalue weighted by Crippen LogP contribution is 2.04. The molecule has 0 saturated carbocycles. The van der Waals surface area contributed by atoms with Gasteiger partial charge in [0.2, 0.25) is 0 Å². The van der Waals surface area contributed by atoms with Gasteiger partial charge in [-0.2, -0.15) is 0 Å². The van der Waals surface area contributed by atoms with Gasteiger partial charge in [-0.3, -0.25) is 4.79 Å². The molecule has 4 nitrogen and oxygen atoms in total. The second-order valence-corrected chi connectivity index (χ2v) is 6.97. The summed E-state index contributed by atoms with van der Waals surface area (Å²) in [5, 5.41) is 9.29. The topological polar surface area (TPSA) is 55.8 Å². The van der Waals surface area contributed by atoms with Crippen molar-refractivity contribution in [1.29, 1.82) is 0 Å². The molecule has 0 saturated heterocycles. The monoisotopic (exact) mass is 406 g/mol. The Morgan fingerprint density at radius 3 is 2.07 bits per heavy atom. The molecular formula is C25H42O4. The van der Waals surface area contributed by atoms with Crippen LogP contribution in [0, 0.1) is 0 Å². The lowest BCUT2D eigenvalue weighted by molar-refractivity contribution is -0.154. The number of hydrogen-bond donors (Lipinski definition) is 1. The van der Waals surface area contributed by atoms with Crippen molar-refractivity contribution in [3.05, 3.63) is 48.6 Å². The number of aliphatic hydroxyl groups is 1. The van der Waals surface area contributed by atoms with Gasteiger partial charge < -0.3 is 14.6 Å². The molecule has 0 spiro atoms. The predicted octanol–water partition coefficient (Wildman–Crippen LogP) is 6.07. The molecule has 0 amide bonds. The number of allylic oxidation sites excluding steroid dienone is 8. The van der Waals surface area contributed by atoms with Gasteiger partial charge in [0.05, 0.1) is 13.2 Å². The summed E-state index contributed by atoms with van der Waals surface area (Å²) < 4.78 is 10.7. The minimum absolute atomic E-state index is 0.198. The lowest BCUT2D eigenvalue weighted by Gasteiger charge is -2.15. The first kappa shape index (κ1) is 27.4. The van der Waals surface area contributed by atoms with Crippen LogP contribution in [-0.4, -0.2) is 37.0 Å². The molecule has 0 heterocycles. The minimum Gasteiger partial charge on any atom is -0.457 e. The smallest absolute Gasteiger partial charge is 0.306 e. The summed E-state index contributed by atoms with van der Waals surface area (Å²) in [4.78, 5) is 11.6. The Hall–Kier alpha value is -1.65. The number of rotatable bonds is 19. The van der Waals surface area contributed by atoms with Crippen LogP contribution in [0.3, 0.4) is 0 Å². The summed E-state index contributed by atoms with van der Waals surface area (Å²) >= 11 is 0. The van der Waals surface area contributed by atoms with Crippen LogP contribution in [0.2, 0.25) is 0 Å². The summed E-state index contributed by atoms with van der Waals surface area (Å²) in [5.41, 5.74) is 0. The second kappa shape index (κ2) is 22.6. The number of ether oxygens (including phenoxy) is 2. The fourth-order valence-electron chi connectivity index (χ4n) is 2.50. The van der Waals surface area contributed by atoms with Crippen LogP contribution in [0.15, 0.2) is 48.6 Å². The summed E-state index contributed by atoms with van der Waals surface area (Å²) in [6.45, 7) is 4.89. The van der Waals surface area contributed by atoms with E-state index in [9.17, 15) is 9.90 Å². The predicted molar refractivity (Wildman–Crippen MR) is 122 cm³/mol. The zero-order valence-corrected chi connectivity index (χ0v) is 18.6. The molecule has 0 fully saturated rings. The van der Waals surface area contributed by atoms with Crippen molar-refractivity contribution in [3.8, 4) is 0 Å². The number of hydrogen-bond acceptors (Lipinski definition) is 4. The van der Waals surface area contributed by atoms with Gasteiger partial charge in [0.1, 0.15) is 6.10 Å². The van der Waals surface area contributed by atoms with Crippen molar-refractivity contribution >= 4 is 5.97 Å². The number of esters is 1. The Morgan fingerprint density at radius 1 is 0.862 bits per heavy atom. The summed E-state index contributed by atoms with van der Waals surface area (Å²) in [5.74, 6) is -0.249. The van der Waals surface area contributed by atoms with Crippen LogP contribution in [-0.2, 0) is 14.3 Å². The van der Waals surface area contributed by atoms with Gasteiger partial charge >= 0.3 is 5.97 Å². The number of carbonyl (C=O) groups excluding carboxylic acids is 1. The van der Waals surface area contributed by atoms with Crippen molar-refractivity contribution in [1.82, 2.24) is 0 Å². The molecule has 29 heavy (non-hydrogen) atoms. The van der Waals surface area contributed by atoms with E-state index in [1.165, 1.54) is 0 Å². The molecule has 0 aliphatic rings. The molecule has 0 aliphatic heterocycles. The molecule has 1 unspecified atom stereocenters. The molecule has 0 aromatic heterocycles. The summed E-state index contributed by atoms with van der Waals surface area (Å²) in [7, 11) is 0. The van der Waals surface area contributed by atoms with Crippen molar-refractivity contribution in [2.75, 3.05) is 19.8 Å². The highest BCUT2D eigenvalue weighted by Gasteiger charge is 2.13. The van der Waals surface area contributed by atoms with Gasteiger partial charge in [-0.25, -0.2) is 0 Å². The molecule has 166 valence electrons. The van der Waals surface area contributed by atoms with Crippen molar-refractivity contribution in [3.63, 3.8) is 0 Å². The van der Waals surface area contributed by atoms with Gasteiger partial charge in [-0.05, 0) is 44.9 Å². The molecule has 4 heteroatoms. The third-order valence-electron chi connectivity index (χ3n) is 4.17. The lowest BCUT2D eigenvalue weighted by Crippen LogP contribution is -2.27. The normalized spacial score (nSPS) is 13.3. The van der Waals surface area contributed by atoms with Crippen LogP contribution >= 0.6 is 0 Å². The van der Waals surface area contributed by atoms with E-state index in [1.54, 1.807) is 0 Å². The number of unbranched alkanes of at least 4 members (excludes halogenated alkanes) is 3. The fourth-order valence-corrected chi connectivity index (χ4v) is 2.50. The van der Waals surface area contributed by atoms with E-state index in [4.69, 9.17) is 9.47 Å². The summed E-state index contributed by atoms with van der Waals surface area (Å²) in [6, 6.07) is 0. The number of carbonyl (C=O) groups is 1. The first-order valence-electron chi connectivity index (χ1n) is 11.2. The maximum absolute atomic E-state index is 11.6. The van der Waals surface area contributed by atoms with Crippen LogP contribution in [0.4, 0.5) is 0 Å². The summed E-state index contributed by atoms with van der Waals surface area (Å²) in [6.07, 6.45) is 26.2. The first-order chi connectivity index (χ1) is 14.2. The highest BCUT2D eigenvalue weighted by atomic mass is 16.6. The van der Waals surface area contributed by atoms with Crippen molar-refractivity contribution in [2.45, 2.75) is 84.2 Å². The zero-order valence-electron chi connectivity index (χ0n) is 18.6. The standard InChI is InChI=1S/C25H42O4/c1-3-5-7-8-9-10-11-12-13-14-15-16-17-19-21-28-23-24(22-26)29-25(27)20-18-6-4-2/h5,7,9-10,12-13,15-16,24,26H,3-4,6,8,11,14,17-23H2,1-2H3/b7-5-,10-9-,13-12-,16-15-. The van der Waals surface area contributed by atoms with E-state index in [1.807, 2.05) is 0 Å². The Labute approximate surface area is 178 Å². The van der Waals surface area contributed by atoms with Gasteiger partial charge in [-0.1, -0.05) is 75.3 Å². The maximum Gasteiger partial charge on any atom is 0.306 e. The molecule has 1 N–H and O–H groups in total. The van der Waals surface area contributed by atoms with E-state index in [-0.39, 0.29) is 19.2 Å². The second-order valence-electron chi connectivity index (χ2n) is 6.97. The third kappa shape index (κ3) is 20.9. The third-order valence-corrected chi connectivity index (χ3v) is 4.17. The van der Waals surface area contributed by atoms with Crippen LogP contribution in [0.5, 0.6) is 0 Å². The Balaban J connectivity index is 3.61. The quantitative estimate of drug-likeness (QED) is 0.161. The average molecular weight is 407 g/mol. The van der Waals surface area contributed by atoms with Gasteiger partial charge in [0, 0.05) is 13.0 Å². The minimum atomic E-state index is -0.554. The Bertz CT molecular complexity index is 477. The van der Waals surface area contributed by atoms with Crippen molar-refractivity contribution < 1.29 is 19.4 Å². The maximum atomic E-state index is 11.6. The van der Waals surface area contributed by atoms with Gasteiger partial charge in [0.25, 0.3) is 0 Å². The largest absolute Gasteiger partial charge is 0.457 e. The Kier molecular flexibility index (Phi) is 21.3. The molecule has 0 bridgehead atoms. The molecule has 0 aromatic rings. The first-order valence-corrected chi connectivity index (χ1v) is 11.2. The van der Waals surface area contributed by atoms with Gasteiger partial charge in [-0.15, -0.1) is 0 Å². The molecule has 0 radical (unpaired) electrons. The molecule has 1 atom stereocenters. The number of aliphatic hydroxyl groups excluding tert-OH is 1. The fraction of sp³-hybridized carbons (Fsp3) is 0.640. The van der Waals surface area contributed by atoms with Gasteiger partial charge in [0.15, 0.2) is 0 Å². The zero-order chi connectivity index (χ0) is 21.4.